The summed E-state index contributed by atoms with van der Waals surface area (Å²) in [4.78, 5) is 64.9. The Morgan fingerprint density at radius 1 is 0.441 bits per heavy atom. The van der Waals surface area contributed by atoms with Crippen molar-refractivity contribution >= 4 is 35.2 Å². The lowest BCUT2D eigenvalue weighted by molar-refractivity contribution is -0.130. The third kappa shape index (κ3) is 43.1. The van der Waals surface area contributed by atoms with Gasteiger partial charge in [0, 0.05) is 0 Å². The monoisotopic (exact) mass is 498 g/mol. The first kappa shape index (κ1) is 52.8. The topological polar surface area (TPSA) is 175 Å². The van der Waals surface area contributed by atoms with E-state index >= 15 is 0 Å². The predicted molar refractivity (Wildman–Crippen MR) is 141 cm³/mol. The summed E-state index contributed by atoms with van der Waals surface area (Å²) < 4.78 is 0. The smallest absolute Gasteiger partial charge is 0.230 e. The zero-order valence-corrected chi connectivity index (χ0v) is 16.7. The van der Waals surface area contributed by atoms with Gasteiger partial charge in [-0.25, -0.2) is 0 Å². The molecule has 0 saturated carbocycles. The number of nitrogens with one attached hydrogen (secondary N) is 6. The molecular formula is C22H54N6O6. The van der Waals surface area contributed by atoms with Crippen molar-refractivity contribution in [3.63, 3.8) is 0 Å². The average Bonchev–Trinajstić information content (AvgIpc) is 2.57. The van der Waals surface area contributed by atoms with Crippen LogP contribution in [0.2, 0.25) is 0 Å². The number of hydrogen-bond donors (Lipinski definition) is 6. The molecule has 0 aliphatic heterocycles. The first-order valence-corrected chi connectivity index (χ1v) is 8.47. The van der Waals surface area contributed by atoms with Crippen molar-refractivity contribution in [2.75, 3.05) is 34.1 Å². The molecule has 4 amide bonds. The Morgan fingerprint density at radius 3 is 0.912 bits per heavy atom. The first-order chi connectivity index (χ1) is 13.1. The molecule has 0 bridgehead atoms. The van der Waals surface area contributed by atoms with E-state index in [2.05, 4.69) is 31.9 Å². The zero-order valence-electron chi connectivity index (χ0n) is 16.7. The van der Waals surface area contributed by atoms with Gasteiger partial charge in [-0.05, 0) is 27.9 Å². The van der Waals surface area contributed by atoms with Gasteiger partial charge in [0.05, 0.1) is 32.8 Å². The fraction of sp³-hybridized carbons (Fsp3) is 0.727. The quantitative estimate of drug-likeness (QED) is 0.170. The third-order valence-electron chi connectivity index (χ3n) is 2.64. The van der Waals surface area contributed by atoms with Gasteiger partial charge in [-0.1, -0.05) is 44.6 Å². The molecule has 12 heteroatoms. The van der Waals surface area contributed by atoms with Crippen LogP contribution >= 0.6 is 0 Å². The molecule has 0 unspecified atom stereocenters. The van der Waals surface area contributed by atoms with Gasteiger partial charge in [-0.2, -0.15) is 0 Å². The van der Waals surface area contributed by atoms with Crippen LogP contribution in [0, 0.1) is 0 Å². The molecule has 0 fully saturated rings. The van der Waals surface area contributed by atoms with Crippen LogP contribution in [-0.2, 0) is 28.8 Å². The molecule has 0 radical (unpaired) electrons. The Kier molecular flexibility index (Phi) is 54.0. The van der Waals surface area contributed by atoms with Gasteiger partial charge in [0.2, 0.25) is 23.6 Å². The van der Waals surface area contributed by atoms with E-state index in [4.69, 9.17) is 0 Å². The highest BCUT2D eigenvalue weighted by Crippen LogP contribution is 1.82. The number of rotatable bonds is 12. The van der Waals surface area contributed by atoms with Crippen LogP contribution in [0.25, 0.3) is 0 Å². The predicted octanol–water partition coefficient (Wildman–Crippen LogP) is 0.914. The van der Waals surface area contributed by atoms with Crippen molar-refractivity contribution in [2.24, 2.45) is 0 Å². The molecule has 34 heavy (non-hydrogen) atoms. The number of carbonyl (C=O) groups is 6. The second-order valence-corrected chi connectivity index (χ2v) is 5.57. The van der Waals surface area contributed by atoms with Crippen molar-refractivity contribution in [1.82, 2.24) is 31.9 Å². The summed E-state index contributed by atoms with van der Waals surface area (Å²) in [7, 11) is 3.37. The van der Waals surface area contributed by atoms with Crippen molar-refractivity contribution in [3.05, 3.63) is 0 Å². The van der Waals surface area contributed by atoms with E-state index in [-0.39, 0.29) is 94.6 Å². The molecule has 0 aliphatic rings. The second kappa shape index (κ2) is 34.7. The number of carbonyl (C=O) groups excluding carboxylic acids is 6. The van der Waals surface area contributed by atoms with Crippen LogP contribution in [0.3, 0.4) is 0 Å². The molecule has 6 N–H and O–H groups in total. The van der Waals surface area contributed by atoms with E-state index in [9.17, 15) is 28.8 Å². The molecule has 0 rings (SSSR count). The van der Waals surface area contributed by atoms with E-state index < -0.39 is 17.7 Å². The summed E-state index contributed by atoms with van der Waals surface area (Å²) in [5, 5.41) is 15.0. The normalized spacial score (nSPS) is 7.65. The first-order valence-electron chi connectivity index (χ1n) is 8.47. The van der Waals surface area contributed by atoms with Crippen LogP contribution in [0.5, 0.6) is 0 Å². The number of ketones is 2. The van der Waals surface area contributed by atoms with Gasteiger partial charge in [0.15, 0.2) is 0 Å². The minimum atomic E-state index is -0.508. The standard InChI is InChI=1S/C10H18N4O4.C6H12N2O2.6CH4/c1-7(15)3-8(16)13-6-14-10(18)4-9(17)12-5-11-2;1-5(9)3-6(10)8-4-7-2;;;;;;/h11H,3-6H2,1-2H3,(H,12,17)(H,13,16)(H,14,18);7H,3-4H2,1-2H3,(H,8,10);6*1H4. The SMILES string of the molecule is C.C.C.C.C.C.CNCNC(=O)CC(=O)NCNC(=O)CC(C)=O.CNCNC(=O)CC(C)=O. The molecule has 12 nitrogen and oxygen atoms in total. The lowest BCUT2D eigenvalue weighted by Gasteiger charge is -2.07. The third-order valence-corrected chi connectivity index (χ3v) is 2.64. The molecule has 0 heterocycles. The summed E-state index contributed by atoms with van der Waals surface area (Å²) in [5.41, 5.74) is 0. The van der Waals surface area contributed by atoms with Crippen LogP contribution in [0.4, 0.5) is 0 Å². The molecule has 0 aromatic rings. The highest BCUT2D eigenvalue weighted by molar-refractivity contribution is 5.98. The zero-order chi connectivity index (χ0) is 21.9. The van der Waals surface area contributed by atoms with Crippen LogP contribution in [0.1, 0.15) is 77.7 Å². The molecular weight excluding hydrogens is 444 g/mol. The van der Waals surface area contributed by atoms with Crippen LogP contribution in [-0.4, -0.2) is 69.3 Å². The molecule has 0 saturated heterocycles. The maximum Gasteiger partial charge on any atom is 0.230 e. The Hall–Kier alpha value is -2.86. The van der Waals surface area contributed by atoms with Gasteiger partial charge in [0.1, 0.15) is 18.0 Å². The minimum Gasteiger partial charge on any atom is -0.343 e. The molecule has 0 aliphatic carbocycles. The number of Topliss-reactive ketones (excluding diaryl/α,β-unsaturated/α-hetero) is 2. The van der Waals surface area contributed by atoms with Gasteiger partial charge in [-0.3, -0.25) is 28.8 Å². The summed E-state index contributed by atoms with van der Waals surface area (Å²) in [6.07, 6.45) is -0.565. The average molecular weight is 499 g/mol. The van der Waals surface area contributed by atoms with E-state index in [0.717, 1.165) is 0 Å². The van der Waals surface area contributed by atoms with E-state index in [1.54, 1.807) is 14.1 Å². The van der Waals surface area contributed by atoms with Gasteiger partial charge in [0.25, 0.3) is 0 Å². The molecule has 208 valence electrons. The second-order valence-electron chi connectivity index (χ2n) is 5.57. The highest BCUT2D eigenvalue weighted by Gasteiger charge is 2.09. The Morgan fingerprint density at radius 2 is 0.676 bits per heavy atom. The van der Waals surface area contributed by atoms with Crippen molar-refractivity contribution < 1.29 is 28.8 Å². The lowest BCUT2D eigenvalue weighted by Crippen LogP contribution is -2.40. The maximum absolute atomic E-state index is 11.2. The summed E-state index contributed by atoms with van der Waals surface area (Å²) in [5.74, 6) is -2.01. The van der Waals surface area contributed by atoms with Crippen molar-refractivity contribution in [3.8, 4) is 0 Å². The summed E-state index contributed by atoms with van der Waals surface area (Å²) in [6.45, 7) is 3.26. The molecule has 0 aromatic heterocycles. The fourth-order valence-electron chi connectivity index (χ4n) is 1.46. The Balaban J connectivity index is -0.0000000623. The van der Waals surface area contributed by atoms with Crippen molar-refractivity contribution in [2.45, 2.75) is 77.7 Å². The lowest BCUT2D eigenvalue weighted by atomic mass is 10.3. The van der Waals surface area contributed by atoms with Gasteiger partial charge < -0.3 is 31.9 Å². The maximum atomic E-state index is 11.2. The fourth-order valence-corrected chi connectivity index (χ4v) is 1.46. The summed E-state index contributed by atoms with van der Waals surface area (Å²) in [6, 6.07) is 0. The van der Waals surface area contributed by atoms with Gasteiger partial charge in [-0.15, -0.1) is 0 Å². The minimum absolute atomic E-state index is 0. The van der Waals surface area contributed by atoms with E-state index in [1.807, 2.05) is 0 Å². The molecule has 0 spiro atoms. The number of amides is 4. The van der Waals surface area contributed by atoms with E-state index in [1.165, 1.54) is 13.8 Å². The largest absolute Gasteiger partial charge is 0.343 e. The van der Waals surface area contributed by atoms with Crippen LogP contribution < -0.4 is 31.9 Å². The highest BCUT2D eigenvalue weighted by atomic mass is 16.2. The van der Waals surface area contributed by atoms with Gasteiger partial charge >= 0.3 is 0 Å². The van der Waals surface area contributed by atoms with Crippen molar-refractivity contribution in [1.29, 1.82) is 0 Å². The molecule has 0 atom stereocenters. The van der Waals surface area contributed by atoms with Crippen LogP contribution in [0.15, 0.2) is 0 Å². The van der Waals surface area contributed by atoms with E-state index in [0.29, 0.717) is 6.67 Å². The molecule has 0 aromatic carbocycles. The summed E-state index contributed by atoms with van der Waals surface area (Å²) >= 11 is 0. The Labute approximate surface area is 208 Å². The number of hydrogen-bond acceptors (Lipinski definition) is 8. The Bertz CT molecular complexity index is 556.